The predicted octanol–water partition coefficient (Wildman–Crippen LogP) is 0.419. The highest BCUT2D eigenvalue weighted by atomic mass is 16.5. The van der Waals surface area contributed by atoms with E-state index in [0.717, 1.165) is 19.3 Å². The Morgan fingerprint density at radius 2 is 2.35 bits per heavy atom. The van der Waals surface area contributed by atoms with E-state index in [1.54, 1.807) is 7.11 Å². The molecule has 3 unspecified atom stereocenters. The summed E-state index contributed by atoms with van der Waals surface area (Å²) in [4.78, 5) is 11.7. The fourth-order valence-electron chi connectivity index (χ4n) is 2.14. The number of carbonyl (C=O) groups is 1. The number of ether oxygens (including phenoxy) is 1. The van der Waals surface area contributed by atoms with Crippen molar-refractivity contribution >= 4 is 5.91 Å². The number of nitriles is 1. The molecule has 0 bridgehead atoms. The van der Waals surface area contributed by atoms with Gasteiger partial charge in [-0.2, -0.15) is 5.26 Å². The molecular weight excluding hydrogens is 218 g/mol. The molecule has 0 spiro atoms. The molecule has 0 saturated heterocycles. The molecule has 1 rings (SSSR count). The quantitative estimate of drug-likeness (QED) is 0.659. The molecule has 0 aromatic heterocycles. The summed E-state index contributed by atoms with van der Waals surface area (Å²) >= 11 is 0. The molecule has 0 heterocycles. The SMILES string of the molecule is COCCNC(=O)C(C)NC1CCCC1C#N. The first-order valence-corrected chi connectivity index (χ1v) is 6.11. The molecule has 2 N–H and O–H groups in total. The third-order valence-electron chi connectivity index (χ3n) is 3.14. The van der Waals surface area contributed by atoms with Gasteiger partial charge in [0.1, 0.15) is 0 Å². The molecule has 1 aliphatic rings. The van der Waals surface area contributed by atoms with Gasteiger partial charge in [-0.15, -0.1) is 0 Å². The van der Waals surface area contributed by atoms with Crippen LogP contribution in [0.25, 0.3) is 0 Å². The summed E-state index contributed by atoms with van der Waals surface area (Å²) in [6.45, 7) is 2.87. The van der Waals surface area contributed by atoms with Crippen molar-refractivity contribution in [2.45, 2.75) is 38.3 Å². The van der Waals surface area contributed by atoms with E-state index in [0.29, 0.717) is 13.2 Å². The highest BCUT2D eigenvalue weighted by Gasteiger charge is 2.29. The van der Waals surface area contributed by atoms with E-state index in [1.165, 1.54) is 0 Å². The molecule has 5 heteroatoms. The van der Waals surface area contributed by atoms with E-state index in [2.05, 4.69) is 16.7 Å². The van der Waals surface area contributed by atoms with Crippen LogP contribution in [-0.2, 0) is 9.53 Å². The number of carbonyl (C=O) groups excluding carboxylic acids is 1. The maximum absolute atomic E-state index is 11.7. The Morgan fingerprint density at radius 1 is 1.59 bits per heavy atom. The summed E-state index contributed by atoms with van der Waals surface area (Å²) in [5.41, 5.74) is 0. The molecule has 17 heavy (non-hydrogen) atoms. The zero-order valence-corrected chi connectivity index (χ0v) is 10.5. The third kappa shape index (κ3) is 4.33. The van der Waals surface area contributed by atoms with Crippen LogP contribution < -0.4 is 10.6 Å². The van der Waals surface area contributed by atoms with Crippen molar-refractivity contribution in [3.8, 4) is 6.07 Å². The zero-order chi connectivity index (χ0) is 12.7. The summed E-state index contributed by atoms with van der Waals surface area (Å²) in [5, 5.41) is 15.0. The lowest BCUT2D eigenvalue weighted by Gasteiger charge is -2.21. The number of nitrogens with zero attached hydrogens (tertiary/aromatic N) is 1. The fraction of sp³-hybridized carbons (Fsp3) is 0.833. The van der Waals surface area contributed by atoms with Gasteiger partial charge in [-0.1, -0.05) is 6.42 Å². The zero-order valence-electron chi connectivity index (χ0n) is 10.5. The Labute approximate surface area is 103 Å². The highest BCUT2D eigenvalue weighted by molar-refractivity contribution is 5.81. The van der Waals surface area contributed by atoms with Crippen molar-refractivity contribution in [2.24, 2.45) is 5.92 Å². The van der Waals surface area contributed by atoms with Crippen LogP contribution in [0.15, 0.2) is 0 Å². The van der Waals surface area contributed by atoms with Crippen molar-refractivity contribution in [2.75, 3.05) is 20.3 Å². The van der Waals surface area contributed by atoms with Crippen molar-refractivity contribution in [3.05, 3.63) is 0 Å². The third-order valence-corrected chi connectivity index (χ3v) is 3.14. The molecule has 0 aliphatic heterocycles. The molecule has 96 valence electrons. The Kier molecular flexibility index (Phi) is 5.95. The summed E-state index contributed by atoms with van der Waals surface area (Å²) in [7, 11) is 1.60. The van der Waals surface area contributed by atoms with Gasteiger partial charge in [-0.05, 0) is 19.8 Å². The van der Waals surface area contributed by atoms with Gasteiger partial charge in [-0.3, -0.25) is 4.79 Å². The first kappa shape index (κ1) is 13.9. The van der Waals surface area contributed by atoms with E-state index >= 15 is 0 Å². The van der Waals surface area contributed by atoms with Crippen molar-refractivity contribution in [1.29, 1.82) is 5.26 Å². The smallest absolute Gasteiger partial charge is 0.236 e. The molecular formula is C12H21N3O2. The Balaban J connectivity index is 2.30. The van der Waals surface area contributed by atoms with Gasteiger partial charge < -0.3 is 15.4 Å². The van der Waals surface area contributed by atoms with Gasteiger partial charge in [0.05, 0.1) is 24.6 Å². The number of methoxy groups -OCH3 is 1. The average molecular weight is 239 g/mol. The van der Waals surface area contributed by atoms with Crippen molar-refractivity contribution in [3.63, 3.8) is 0 Å². The van der Waals surface area contributed by atoms with E-state index < -0.39 is 0 Å². The molecule has 1 amide bonds. The van der Waals surface area contributed by atoms with Crippen LogP contribution in [0.1, 0.15) is 26.2 Å². The van der Waals surface area contributed by atoms with Crippen molar-refractivity contribution in [1.82, 2.24) is 10.6 Å². The molecule has 1 saturated carbocycles. The number of hydrogen-bond acceptors (Lipinski definition) is 4. The van der Waals surface area contributed by atoms with E-state index in [1.807, 2.05) is 6.92 Å². The summed E-state index contributed by atoms with van der Waals surface area (Å²) in [6, 6.07) is 2.19. The normalized spacial score (nSPS) is 25.2. The van der Waals surface area contributed by atoms with Crippen LogP contribution >= 0.6 is 0 Å². The van der Waals surface area contributed by atoms with Gasteiger partial charge in [-0.25, -0.2) is 0 Å². The summed E-state index contributed by atoms with van der Waals surface area (Å²) < 4.78 is 4.86. The summed E-state index contributed by atoms with van der Waals surface area (Å²) in [5.74, 6) is 0.00913. The van der Waals surface area contributed by atoms with Crippen LogP contribution in [0.5, 0.6) is 0 Å². The monoisotopic (exact) mass is 239 g/mol. The topological polar surface area (TPSA) is 74.2 Å². The summed E-state index contributed by atoms with van der Waals surface area (Å²) in [6.07, 6.45) is 2.98. The fourth-order valence-corrected chi connectivity index (χ4v) is 2.14. The van der Waals surface area contributed by atoms with E-state index in [4.69, 9.17) is 10.00 Å². The molecule has 1 aliphatic carbocycles. The van der Waals surface area contributed by atoms with E-state index in [-0.39, 0.29) is 23.9 Å². The maximum Gasteiger partial charge on any atom is 0.236 e. The Bertz CT molecular complexity index is 288. The molecule has 0 aromatic carbocycles. The molecule has 0 radical (unpaired) electrons. The van der Waals surface area contributed by atoms with E-state index in [9.17, 15) is 4.79 Å². The standard InChI is InChI=1S/C12H21N3O2/c1-9(12(16)14-6-7-17-2)15-11-5-3-4-10(11)8-13/h9-11,15H,3-7H2,1-2H3,(H,14,16). The number of hydrogen-bond donors (Lipinski definition) is 2. The van der Waals surface area contributed by atoms with Gasteiger partial charge in [0.25, 0.3) is 0 Å². The second-order valence-electron chi connectivity index (χ2n) is 4.45. The molecule has 5 nitrogen and oxygen atoms in total. The predicted molar refractivity (Wildman–Crippen MR) is 64.2 cm³/mol. The number of rotatable bonds is 6. The van der Waals surface area contributed by atoms with Crippen LogP contribution in [-0.4, -0.2) is 38.3 Å². The Morgan fingerprint density at radius 3 is 3.00 bits per heavy atom. The minimum Gasteiger partial charge on any atom is -0.383 e. The largest absolute Gasteiger partial charge is 0.383 e. The van der Waals surface area contributed by atoms with Gasteiger partial charge >= 0.3 is 0 Å². The maximum atomic E-state index is 11.7. The van der Waals surface area contributed by atoms with Gasteiger partial charge in [0.15, 0.2) is 0 Å². The minimum absolute atomic E-state index is 0.0364. The van der Waals surface area contributed by atoms with Gasteiger partial charge in [0.2, 0.25) is 5.91 Å². The first-order chi connectivity index (χ1) is 8.19. The van der Waals surface area contributed by atoms with Crippen LogP contribution in [0.3, 0.4) is 0 Å². The minimum atomic E-state index is -0.259. The Hall–Kier alpha value is -1.12. The van der Waals surface area contributed by atoms with Crippen molar-refractivity contribution < 1.29 is 9.53 Å². The molecule has 3 atom stereocenters. The second kappa shape index (κ2) is 7.25. The second-order valence-corrected chi connectivity index (χ2v) is 4.45. The highest BCUT2D eigenvalue weighted by Crippen LogP contribution is 2.25. The lowest BCUT2D eigenvalue weighted by atomic mass is 10.0. The lowest BCUT2D eigenvalue weighted by Crippen LogP contribution is -2.48. The first-order valence-electron chi connectivity index (χ1n) is 6.11. The van der Waals surface area contributed by atoms with Crippen LogP contribution in [0.4, 0.5) is 0 Å². The average Bonchev–Trinajstić information content (AvgIpc) is 2.76. The lowest BCUT2D eigenvalue weighted by molar-refractivity contribution is -0.123. The van der Waals surface area contributed by atoms with Gasteiger partial charge in [0, 0.05) is 19.7 Å². The molecule has 0 aromatic rings. The van der Waals surface area contributed by atoms with Crippen LogP contribution in [0.2, 0.25) is 0 Å². The van der Waals surface area contributed by atoms with Crippen LogP contribution in [0, 0.1) is 17.2 Å². The number of amides is 1. The molecule has 1 fully saturated rings. The number of nitrogens with one attached hydrogen (secondary N) is 2.